The van der Waals surface area contributed by atoms with E-state index in [1.807, 2.05) is 24.3 Å². The Morgan fingerprint density at radius 1 is 1.26 bits per heavy atom. The van der Waals surface area contributed by atoms with Crippen LogP contribution in [-0.4, -0.2) is 23.0 Å². The second-order valence-electron chi connectivity index (χ2n) is 3.85. The Hall–Kier alpha value is -2.43. The number of hydrogen-bond acceptors (Lipinski definition) is 5. The lowest BCUT2D eigenvalue weighted by atomic mass is 10.1. The van der Waals surface area contributed by atoms with Gasteiger partial charge in [0, 0.05) is 18.0 Å². The minimum absolute atomic E-state index is 0.188. The van der Waals surface area contributed by atoms with Gasteiger partial charge in [-0.25, -0.2) is 0 Å². The summed E-state index contributed by atoms with van der Waals surface area (Å²) < 4.78 is 10.3. The Morgan fingerprint density at radius 3 is 2.84 bits per heavy atom. The first-order valence-electron chi connectivity index (χ1n) is 5.82. The predicted molar refractivity (Wildman–Crippen MR) is 68.5 cm³/mol. The summed E-state index contributed by atoms with van der Waals surface area (Å²) in [7, 11) is 1.37. The number of carbonyl (C=O) groups excluding carboxylic acids is 1. The predicted octanol–water partition coefficient (Wildman–Crippen LogP) is 1.77. The number of rotatable bonds is 5. The molecule has 0 amide bonds. The number of esters is 1. The van der Waals surface area contributed by atoms with Crippen LogP contribution in [0.2, 0.25) is 0 Å². The molecule has 0 fully saturated rings. The monoisotopic (exact) mass is 258 g/mol. The Balaban J connectivity index is 2.05. The van der Waals surface area contributed by atoms with Crippen molar-refractivity contribution in [2.75, 3.05) is 7.11 Å². The van der Waals surface area contributed by atoms with Crippen LogP contribution in [0.25, 0.3) is 0 Å². The van der Waals surface area contributed by atoms with Gasteiger partial charge < -0.3 is 9.47 Å². The largest absolute Gasteiger partial charge is 0.487 e. The highest BCUT2D eigenvalue weighted by Gasteiger charge is 2.09. The van der Waals surface area contributed by atoms with Crippen molar-refractivity contribution in [3.8, 4) is 5.75 Å². The van der Waals surface area contributed by atoms with Gasteiger partial charge in [-0.1, -0.05) is 18.2 Å². The number of carbonyl (C=O) groups is 1. The first-order valence-corrected chi connectivity index (χ1v) is 5.82. The van der Waals surface area contributed by atoms with Gasteiger partial charge in [-0.05, 0) is 6.07 Å². The lowest BCUT2D eigenvalue weighted by Crippen LogP contribution is -2.07. The van der Waals surface area contributed by atoms with E-state index in [-0.39, 0.29) is 12.4 Å². The molecule has 2 rings (SSSR count). The van der Waals surface area contributed by atoms with Crippen LogP contribution in [0.4, 0.5) is 0 Å². The van der Waals surface area contributed by atoms with E-state index >= 15 is 0 Å². The summed E-state index contributed by atoms with van der Waals surface area (Å²) in [5, 5.41) is 0. The summed E-state index contributed by atoms with van der Waals surface area (Å²) in [6.45, 7) is 0.312. The van der Waals surface area contributed by atoms with E-state index in [4.69, 9.17) is 4.74 Å². The number of nitrogens with zero attached hydrogens (tertiary/aromatic N) is 2. The molecular formula is C14H14N2O3. The third-order valence-corrected chi connectivity index (χ3v) is 2.53. The van der Waals surface area contributed by atoms with Gasteiger partial charge in [0.25, 0.3) is 0 Å². The Kier molecular flexibility index (Phi) is 4.44. The van der Waals surface area contributed by atoms with Gasteiger partial charge in [-0.15, -0.1) is 0 Å². The topological polar surface area (TPSA) is 61.3 Å². The minimum Gasteiger partial charge on any atom is -0.487 e. The van der Waals surface area contributed by atoms with Gasteiger partial charge in [-0.3, -0.25) is 14.8 Å². The SMILES string of the molecule is COC(=O)Cc1ccccc1OCc1cnccn1. The Bertz CT molecular complexity index is 543. The molecule has 2 aromatic rings. The molecule has 0 saturated carbocycles. The highest BCUT2D eigenvalue weighted by atomic mass is 16.5. The van der Waals surface area contributed by atoms with Crippen molar-refractivity contribution in [2.24, 2.45) is 0 Å². The standard InChI is InChI=1S/C14H14N2O3/c1-18-14(17)8-11-4-2-3-5-13(11)19-10-12-9-15-6-7-16-12/h2-7,9H,8,10H2,1H3. The van der Waals surface area contributed by atoms with E-state index in [1.54, 1.807) is 18.6 Å². The molecule has 19 heavy (non-hydrogen) atoms. The molecule has 5 nitrogen and oxygen atoms in total. The van der Waals surface area contributed by atoms with E-state index in [1.165, 1.54) is 7.11 Å². The summed E-state index contributed by atoms with van der Waals surface area (Å²) in [4.78, 5) is 19.4. The van der Waals surface area contributed by atoms with Crippen LogP contribution in [0.5, 0.6) is 5.75 Å². The van der Waals surface area contributed by atoms with Crippen LogP contribution in [-0.2, 0) is 22.6 Å². The molecule has 5 heteroatoms. The fourth-order valence-electron chi connectivity index (χ4n) is 1.57. The van der Waals surface area contributed by atoms with E-state index < -0.39 is 0 Å². The third-order valence-electron chi connectivity index (χ3n) is 2.53. The molecule has 0 aliphatic heterocycles. The lowest BCUT2D eigenvalue weighted by Gasteiger charge is -2.10. The molecule has 1 heterocycles. The molecule has 0 aliphatic carbocycles. The molecule has 1 aromatic carbocycles. The summed E-state index contributed by atoms with van der Waals surface area (Å²) in [5.74, 6) is 0.356. The van der Waals surface area contributed by atoms with Gasteiger partial charge >= 0.3 is 5.97 Å². The molecule has 0 N–H and O–H groups in total. The third kappa shape index (κ3) is 3.77. The molecule has 0 atom stereocenters. The molecule has 0 saturated heterocycles. The van der Waals surface area contributed by atoms with Crippen molar-refractivity contribution in [3.63, 3.8) is 0 Å². The summed E-state index contributed by atoms with van der Waals surface area (Å²) >= 11 is 0. The zero-order valence-electron chi connectivity index (χ0n) is 10.6. The summed E-state index contributed by atoms with van der Waals surface area (Å²) in [6.07, 6.45) is 5.05. The van der Waals surface area contributed by atoms with E-state index in [9.17, 15) is 4.79 Å². The van der Waals surface area contributed by atoms with Crippen molar-refractivity contribution in [2.45, 2.75) is 13.0 Å². The molecule has 1 aromatic heterocycles. The smallest absolute Gasteiger partial charge is 0.310 e. The maximum atomic E-state index is 11.3. The molecule has 0 spiro atoms. The van der Waals surface area contributed by atoms with Crippen molar-refractivity contribution in [1.82, 2.24) is 9.97 Å². The Morgan fingerprint density at radius 2 is 2.11 bits per heavy atom. The summed E-state index contributed by atoms with van der Waals surface area (Å²) in [5.41, 5.74) is 1.52. The molecular weight excluding hydrogens is 244 g/mol. The molecule has 0 unspecified atom stereocenters. The van der Waals surface area contributed by atoms with Gasteiger partial charge in [0.2, 0.25) is 0 Å². The maximum Gasteiger partial charge on any atom is 0.310 e. The fourth-order valence-corrected chi connectivity index (χ4v) is 1.57. The fraction of sp³-hybridized carbons (Fsp3) is 0.214. The van der Waals surface area contributed by atoms with Crippen molar-refractivity contribution in [1.29, 1.82) is 0 Å². The first kappa shape index (κ1) is 13.0. The van der Waals surface area contributed by atoms with Gasteiger partial charge in [0.05, 0.1) is 25.4 Å². The number of ether oxygens (including phenoxy) is 2. The van der Waals surface area contributed by atoms with Crippen LogP contribution in [0.1, 0.15) is 11.3 Å². The van der Waals surface area contributed by atoms with Crippen LogP contribution in [0.15, 0.2) is 42.9 Å². The molecule has 0 radical (unpaired) electrons. The van der Waals surface area contributed by atoms with E-state index in [0.717, 1.165) is 11.3 Å². The number of hydrogen-bond donors (Lipinski definition) is 0. The maximum absolute atomic E-state index is 11.3. The zero-order chi connectivity index (χ0) is 13.5. The van der Waals surface area contributed by atoms with Crippen molar-refractivity contribution in [3.05, 3.63) is 54.1 Å². The van der Waals surface area contributed by atoms with Crippen LogP contribution in [0, 0.1) is 0 Å². The van der Waals surface area contributed by atoms with Crippen LogP contribution < -0.4 is 4.74 Å². The average Bonchev–Trinajstić information content (AvgIpc) is 2.47. The van der Waals surface area contributed by atoms with Gasteiger partial charge in [0.15, 0.2) is 0 Å². The lowest BCUT2D eigenvalue weighted by molar-refractivity contribution is -0.139. The summed E-state index contributed by atoms with van der Waals surface area (Å²) in [6, 6.07) is 7.36. The quantitative estimate of drug-likeness (QED) is 0.765. The first-order chi connectivity index (χ1) is 9.29. The normalized spacial score (nSPS) is 9.95. The van der Waals surface area contributed by atoms with Gasteiger partial charge in [0.1, 0.15) is 12.4 Å². The van der Waals surface area contributed by atoms with Gasteiger partial charge in [-0.2, -0.15) is 0 Å². The molecule has 0 bridgehead atoms. The number of aromatic nitrogens is 2. The second-order valence-corrected chi connectivity index (χ2v) is 3.85. The van der Waals surface area contributed by atoms with E-state index in [2.05, 4.69) is 14.7 Å². The van der Waals surface area contributed by atoms with Crippen molar-refractivity contribution < 1.29 is 14.3 Å². The highest BCUT2D eigenvalue weighted by molar-refractivity contribution is 5.73. The van der Waals surface area contributed by atoms with Crippen molar-refractivity contribution >= 4 is 5.97 Å². The zero-order valence-corrected chi connectivity index (χ0v) is 10.6. The van der Waals surface area contributed by atoms with E-state index in [0.29, 0.717) is 12.4 Å². The number of methoxy groups -OCH3 is 1. The van der Waals surface area contributed by atoms with Crippen LogP contribution in [0.3, 0.4) is 0 Å². The average molecular weight is 258 g/mol. The second kappa shape index (κ2) is 6.49. The molecule has 98 valence electrons. The Labute approximate surface area is 111 Å². The minimum atomic E-state index is -0.296. The number of benzene rings is 1. The van der Waals surface area contributed by atoms with Crippen LogP contribution >= 0.6 is 0 Å². The number of para-hydroxylation sites is 1. The molecule has 0 aliphatic rings. The highest BCUT2D eigenvalue weighted by Crippen LogP contribution is 2.19.